The number of halogens is 1. The van der Waals surface area contributed by atoms with Crippen molar-refractivity contribution in [3.05, 3.63) is 63.5 Å². The Morgan fingerprint density at radius 1 is 1.20 bits per heavy atom. The number of nitrogens with one attached hydrogen (secondary N) is 1. The molecule has 0 aliphatic heterocycles. The normalized spacial score (nSPS) is 11.2. The van der Waals surface area contributed by atoms with E-state index in [1.807, 2.05) is 68.4 Å². The van der Waals surface area contributed by atoms with Gasteiger partial charge >= 0.3 is 0 Å². The molecule has 0 saturated heterocycles. The van der Waals surface area contributed by atoms with Crippen molar-refractivity contribution in [3.63, 3.8) is 0 Å². The summed E-state index contributed by atoms with van der Waals surface area (Å²) in [7, 11) is 3.97. The van der Waals surface area contributed by atoms with E-state index < -0.39 is 0 Å². The topological polar surface area (TPSA) is 44.7 Å². The van der Waals surface area contributed by atoms with Gasteiger partial charge in [0.05, 0.1) is 11.2 Å². The number of aryl methyl sites for hydroxylation is 1. The minimum atomic E-state index is -0.301. The van der Waals surface area contributed by atoms with Gasteiger partial charge in [0.15, 0.2) is 0 Å². The predicted molar refractivity (Wildman–Crippen MR) is 107 cm³/mol. The second kappa shape index (κ2) is 7.25. The van der Waals surface area contributed by atoms with Crippen LogP contribution in [0.3, 0.4) is 0 Å². The maximum absolute atomic E-state index is 12.3. The van der Waals surface area contributed by atoms with Gasteiger partial charge in [-0.2, -0.15) is 5.10 Å². The number of carbonyl (C=O) groups is 1. The van der Waals surface area contributed by atoms with Crippen molar-refractivity contribution in [2.45, 2.75) is 6.92 Å². The smallest absolute Gasteiger partial charge is 0.283 e. The third-order valence-electron chi connectivity index (χ3n) is 3.78. The molecule has 2 aromatic carbocycles. The summed E-state index contributed by atoms with van der Waals surface area (Å²) in [6.07, 6.45) is 1.61. The molecule has 0 radical (unpaired) electrons. The lowest BCUT2D eigenvalue weighted by Gasteiger charge is -2.11. The molecule has 1 aromatic heterocycles. The molecule has 25 heavy (non-hydrogen) atoms. The number of anilines is 1. The number of rotatable bonds is 4. The van der Waals surface area contributed by atoms with Gasteiger partial charge in [0.2, 0.25) is 0 Å². The molecule has 0 saturated carbocycles. The quantitative estimate of drug-likeness (QED) is 0.534. The Hall–Kier alpha value is -2.37. The average Bonchev–Trinajstić information content (AvgIpc) is 2.91. The minimum absolute atomic E-state index is 0.301. The van der Waals surface area contributed by atoms with E-state index >= 15 is 0 Å². The van der Waals surface area contributed by atoms with Crippen LogP contribution in [0.25, 0.3) is 10.1 Å². The average molecular weight is 372 g/mol. The molecule has 0 unspecified atom stereocenters. The fourth-order valence-electron chi connectivity index (χ4n) is 2.39. The van der Waals surface area contributed by atoms with Crippen LogP contribution in [0.5, 0.6) is 0 Å². The maximum Gasteiger partial charge on any atom is 0.283 e. The molecule has 1 amide bonds. The number of fused-ring (bicyclic) bond motifs is 1. The monoisotopic (exact) mass is 371 g/mol. The number of thiophene rings is 1. The highest BCUT2D eigenvalue weighted by atomic mass is 35.5. The molecule has 0 bridgehead atoms. The number of benzene rings is 2. The van der Waals surface area contributed by atoms with Gasteiger partial charge in [0.1, 0.15) is 4.88 Å². The van der Waals surface area contributed by atoms with Crippen LogP contribution < -0.4 is 10.3 Å². The number of hydrogen-bond acceptors (Lipinski definition) is 4. The fourth-order valence-corrected chi connectivity index (χ4v) is 3.90. The van der Waals surface area contributed by atoms with Crippen LogP contribution in [0.2, 0.25) is 5.02 Å². The number of nitrogens with zero attached hydrogens (tertiary/aromatic N) is 2. The van der Waals surface area contributed by atoms with Crippen molar-refractivity contribution >= 4 is 50.8 Å². The van der Waals surface area contributed by atoms with Crippen molar-refractivity contribution in [1.29, 1.82) is 0 Å². The van der Waals surface area contributed by atoms with E-state index in [1.165, 1.54) is 11.3 Å². The van der Waals surface area contributed by atoms with Crippen molar-refractivity contribution in [2.75, 3.05) is 19.0 Å². The van der Waals surface area contributed by atoms with Crippen molar-refractivity contribution < 1.29 is 4.79 Å². The van der Waals surface area contributed by atoms with Gasteiger partial charge in [-0.05, 0) is 36.2 Å². The highest BCUT2D eigenvalue weighted by molar-refractivity contribution is 7.21. The number of hydrazone groups is 1. The van der Waals surface area contributed by atoms with Crippen LogP contribution in [0.1, 0.15) is 20.8 Å². The van der Waals surface area contributed by atoms with Crippen LogP contribution in [0.15, 0.2) is 47.6 Å². The van der Waals surface area contributed by atoms with E-state index in [-0.39, 0.29) is 5.91 Å². The zero-order valence-corrected chi connectivity index (χ0v) is 15.8. The molecule has 3 rings (SSSR count). The summed E-state index contributed by atoms with van der Waals surface area (Å²) in [4.78, 5) is 14.8. The highest BCUT2D eigenvalue weighted by Crippen LogP contribution is 2.35. The van der Waals surface area contributed by atoms with Gasteiger partial charge in [0.25, 0.3) is 5.91 Å². The van der Waals surface area contributed by atoms with Crippen molar-refractivity contribution in [2.24, 2.45) is 5.10 Å². The Morgan fingerprint density at radius 2 is 1.92 bits per heavy atom. The minimum Gasteiger partial charge on any atom is -0.378 e. The molecule has 128 valence electrons. The first kappa shape index (κ1) is 17.5. The zero-order valence-electron chi connectivity index (χ0n) is 14.2. The van der Waals surface area contributed by atoms with Gasteiger partial charge < -0.3 is 4.90 Å². The third kappa shape index (κ3) is 3.83. The number of amides is 1. The lowest BCUT2D eigenvalue weighted by atomic mass is 10.2. The fraction of sp³-hybridized carbons (Fsp3) is 0.158. The van der Waals surface area contributed by atoms with Gasteiger partial charge in [-0.15, -0.1) is 11.3 Å². The molecule has 0 fully saturated rings. The van der Waals surface area contributed by atoms with Crippen molar-refractivity contribution in [1.82, 2.24) is 5.43 Å². The summed E-state index contributed by atoms with van der Waals surface area (Å²) < 4.78 is 0.999. The lowest BCUT2D eigenvalue weighted by Crippen LogP contribution is -2.16. The second-order valence-corrected chi connectivity index (χ2v) is 7.36. The molecule has 4 nitrogen and oxygen atoms in total. The second-order valence-electron chi connectivity index (χ2n) is 5.93. The van der Waals surface area contributed by atoms with Gasteiger partial charge in [-0.25, -0.2) is 5.43 Å². The molecule has 1 N–H and O–H groups in total. The van der Waals surface area contributed by atoms with Crippen LogP contribution in [0.4, 0.5) is 5.69 Å². The molecule has 6 heteroatoms. The summed E-state index contributed by atoms with van der Waals surface area (Å²) in [6.45, 7) is 2.01. The van der Waals surface area contributed by atoms with E-state index in [4.69, 9.17) is 11.6 Å². The highest BCUT2D eigenvalue weighted by Gasteiger charge is 2.16. The Labute approximate surface area is 155 Å². The van der Waals surface area contributed by atoms with Crippen LogP contribution in [-0.2, 0) is 0 Å². The summed E-state index contributed by atoms with van der Waals surface area (Å²) in [5.74, 6) is -0.301. The standard InChI is InChI=1S/C19H18ClN3OS/c1-12-4-9-15-16(10-12)25-18(17(15)20)19(24)22-21-11-13-5-7-14(8-6-13)23(2)3/h4-11H,1-3H3,(H,22,24). The lowest BCUT2D eigenvalue weighted by molar-refractivity contribution is 0.0959. The van der Waals surface area contributed by atoms with Crippen LogP contribution in [0, 0.1) is 6.92 Å². The Bertz CT molecular complexity index is 945. The predicted octanol–water partition coefficient (Wildman–Crippen LogP) is 4.69. The first-order valence-corrected chi connectivity index (χ1v) is 8.94. The molecule has 0 aliphatic carbocycles. The van der Waals surface area contributed by atoms with E-state index in [2.05, 4.69) is 10.5 Å². The molecular weight excluding hydrogens is 354 g/mol. The van der Waals surface area contributed by atoms with Crippen LogP contribution >= 0.6 is 22.9 Å². The largest absolute Gasteiger partial charge is 0.378 e. The number of carbonyl (C=O) groups excluding carboxylic acids is 1. The molecule has 3 aromatic rings. The Balaban J connectivity index is 1.73. The first-order valence-electron chi connectivity index (χ1n) is 7.75. The van der Waals surface area contributed by atoms with E-state index in [1.54, 1.807) is 6.21 Å². The maximum atomic E-state index is 12.3. The molecule has 0 spiro atoms. The zero-order chi connectivity index (χ0) is 18.0. The summed E-state index contributed by atoms with van der Waals surface area (Å²) in [5.41, 5.74) is 5.69. The van der Waals surface area contributed by atoms with E-state index in [9.17, 15) is 4.79 Å². The van der Waals surface area contributed by atoms with Gasteiger partial charge in [-0.3, -0.25) is 4.79 Å². The first-order chi connectivity index (χ1) is 12.0. The molecular formula is C19H18ClN3OS. The van der Waals surface area contributed by atoms with E-state index in [0.717, 1.165) is 26.9 Å². The van der Waals surface area contributed by atoms with E-state index in [0.29, 0.717) is 9.90 Å². The van der Waals surface area contributed by atoms with Gasteiger partial charge in [-0.1, -0.05) is 35.9 Å². The molecule has 1 heterocycles. The summed E-state index contributed by atoms with van der Waals surface area (Å²) >= 11 is 7.71. The van der Waals surface area contributed by atoms with Crippen molar-refractivity contribution in [3.8, 4) is 0 Å². The molecule has 0 aliphatic rings. The SMILES string of the molecule is Cc1ccc2c(Cl)c(C(=O)NN=Cc3ccc(N(C)C)cc3)sc2c1. The van der Waals surface area contributed by atoms with Gasteiger partial charge in [0, 0.05) is 29.9 Å². The number of hydrogen-bond donors (Lipinski definition) is 1. The summed E-state index contributed by atoms with van der Waals surface area (Å²) in [5, 5.41) is 5.40. The Morgan fingerprint density at radius 3 is 2.60 bits per heavy atom. The third-order valence-corrected chi connectivity index (χ3v) is 5.44. The summed E-state index contributed by atoms with van der Waals surface area (Å²) in [6, 6.07) is 13.8. The van der Waals surface area contributed by atoms with Crippen LogP contribution in [-0.4, -0.2) is 26.2 Å². The Kier molecular flexibility index (Phi) is 5.06. The molecule has 0 atom stereocenters.